The molecule has 0 aromatic heterocycles. The third-order valence-corrected chi connectivity index (χ3v) is 14.5. The molecule has 0 spiro atoms. The van der Waals surface area contributed by atoms with Crippen LogP contribution in [0.1, 0.15) is 67.9 Å². The smallest absolute Gasteiger partial charge is 0.251 e. The molecule has 2 saturated heterocycles. The Labute approximate surface area is 331 Å². The highest BCUT2D eigenvalue weighted by Gasteiger charge is 2.83. The summed E-state index contributed by atoms with van der Waals surface area (Å²) in [5.41, 5.74) is 5.19. The van der Waals surface area contributed by atoms with Crippen molar-refractivity contribution in [2.24, 2.45) is 35.0 Å². The minimum atomic E-state index is -0.893. The van der Waals surface area contributed by atoms with Gasteiger partial charge in [-0.1, -0.05) is 69.3 Å². The second-order valence-electron chi connectivity index (χ2n) is 18.0. The number of amides is 2. The van der Waals surface area contributed by atoms with Gasteiger partial charge in [-0.25, -0.2) is 0 Å². The van der Waals surface area contributed by atoms with Gasteiger partial charge >= 0.3 is 0 Å². The number of nitrogens with zero attached hydrogens (tertiary/aromatic N) is 2. The molecule has 2 heterocycles. The maximum absolute atomic E-state index is 14.4. The van der Waals surface area contributed by atoms with Gasteiger partial charge in [0.1, 0.15) is 17.9 Å². The van der Waals surface area contributed by atoms with E-state index >= 15 is 0 Å². The maximum Gasteiger partial charge on any atom is 0.251 e. The summed E-state index contributed by atoms with van der Waals surface area (Å²) in [6, 6.07) is 21.5. The molecule has 11 nitrogen and oxygen atoms in total. The van der Waals surface area contributed by atoms with Crippen molar-refractivity contribution in [3.05, 3.63) is 83.4 Å². The third-order valence-electron chi connectivity index (χ3n) is 14.5. The SMILES string of the molecule is COc1c(CN2O[C@@H](CO)[C@H]([C@H](C)O)[C@H]2C(=O)N[C@@]23C[C@H]4C2[C@@H]([C@@H]3C)C4(C)C)cccc1-c1cc(C(=O)NC[C@@H]2C[C@@H](c3ccccc3)CN2)cc(N(C)C)c1. The van der Waals surface area contributed by atoms with Crippen LogP contribution in [-0.2, 0) is 16.2 Å². The molecule has 3 saturated carbocycles. The van der Waals surface area contributed by atoms with Crippen LogP contribution in [0.4, 0.5) is 5.69 Å². The number of methoxy groups -OCH3 is 1. The topological polar surface area (TPSA) is 136 Å². The summed E-state index contributed by atoms with van der Waals surface area (Å²) in [5.74, 6) is 2.16. The number of aliphatic hydroxyl groups excluding tert-OH is 2. The van der Waals surface area contributed by atoms with Gasteiger partial charge in [-0.2, -0.15) is 5.06 Å². The Morgan fingerprint density at radius 2 is 1.86 bits per heavy atom. The molecular formula is C45H59N5O6. The lowest BCUT2D eigenvalue weighted by molar-refractivity contribution is -0.349. The second-order valence-corrected chi connectivity index (χ2v) is 18.0. The van der Waals surface area contributed by atoms with Gasteiger partial charge in [-0.05, 0) is 84.1 Å². The van der Waals surface area contributed by atoms with Crippen molar-refractivity contribution in [3.8, 4) is 16.9 Å². The maximum atomic E-state index is 14.4. The zero-order chi connectivity index (χ0) is 39.7. The number of aliphatic hydroxyl groups is 2. The van der Waals surface area contributed by atoms with Crippen LogP contribution in [-0.4, -0.2) is 97.8 Å². The Balaban J connectivity index is 1.02. The van der Waals surface area contributed by atoms with E-state index in [4.69, 9.17) is 9.57 Å². The van der Waals surface area contributed by atoms with E-state index in [1.54, 1.807) is 19.1 Å². The van der Waals surface area contributed by atoms with Gasteiger partial charge in [-0.3, -0.25) is 14.4 Å². The minimum Gasteiger partial charge on any atom is -0.496 e. The number of hydroxylamine groups is 2. The molecule has 300 valence electrons. The van der Waals surface area contributed by atoms with Gasteiger partial charge in [0.2, 0.25) is 5.91 Å². The van der Waals surface area contributed by atoms with Crippen LogP contribution in [0.5, 0.6) is 5.75 Å². The fraction of sp³-hybridized carbons (Fsp3) is 0.556. The summed E-state index contributed by atoms with van der Waals surface area (Å²) in [6.45, 7) is 9.88. The summed E-state index contributed by atoms with van der Waals surface area (Å²) in [4.78, 5) is 36.4. The molecule has 11 atom stereocenters. The molecule has 8 rings (SSSR count). The van der Waals surface area contributed by atoms with E-state index < -0.39 is 24.2 Å². The van der Waals surface area contributed by atoms with E-state index in [2.05, 4.69) is 61.0 Å². The number of carbonyl (C=O) groups excluding carboxylic acids is 2. The standard InChI is InChI=1S/C45H59N5O6/c1-25-38-39-35(44(38,3)4)20-45(25,39)48-43(54)40-37(26(2)52)36(24-51)56-50(40)23-28-14-11-15-34(41(28)55-7)29-16-30(19-33(18-29)49(5)6)42(53)47-22-32-17-31(21-46-32)27-12-9-8-10-13-27/h8-16,18-19,25-26,31-32,35-40,46,51-52H,17,20-24H2,1-7H3,(H,47,53)(H,48,54)/t25-,26-,31+,32-,35-,36-,37-,38+,39?,40-,45+/m0/s1. The van der Waals surface area contributed by atoms with Crippen LogP contribution in [0, 0.1) is 35.0 Å². The fourth-order valence-corrected chi connectivity index (χ4v) is 11.6. The highest BCUT2D eigenvalue weighted by molar-refractivity contribution is 5.97. The van der Waals surface area contributed by atoms with E-state index in [1.165, 1.54) is 5.56 Å². The normalized spacial score (nSPS) is 33.0. The van der Waals surface area contributed by atoms with Gasteiger partial charge in [0.25, 0.3) is 5.91 Å². The molecule has 5 aliphatic rings. The first-order valence-corrected chi connectivity index (χ1v) is 20.4. The fourth-order valence-electron chi connectivity index (χ4n) is 11.6. The molecule has 3 aromatic carbocycles. The average molecular weight is 766 g/mol. The Hall–Kier alpha value is -4.00. The van der Waals surface area contributed by atoms with Crippen LogP contribution < -0.4 is 25.6 Å². The summed E-state index contributed by atoms with van der Waals surface area (Å²) in [6.07, 6.45) is 0.285. The number of carbonyl (C=O) groups is 2. The summed E-state index contributed by atoms with van der Waals surface area (Å²) < 4.78 is 6.10. The molecule has 2 amide bonds. The van der Waals surface area contributed by atoms with Gasteiger partial charge in [0.05, 0.1) is 26.4 Å². The first-order chi connectivity index (χ1) is 26.8. The zero-order valence-corrected chi connectivity index (χ0v) is 33.8. The third kappa shape index (κ3) is 6.30. The van der Waals surface area contributed by atoms with Crippen LogP contribution in [0.3, 0.4) is 0 Å². The lowest BCUT2D eigenvalue weighted by Crippen LogP contribution is -2.90. The van der Waals surface area contributed by atoms with E-state index in [-0.39, 0.29) is 36.5 Å². The predicted octanol–water partition coefficient (Wildman–Crippen LogP) is 4.57. The van der Waals surface area contributed by atoms with Gasteiger partial charge in [0, 0.05) is 67.1 Å². The number of rotatable bonds is 13. The van der Waals surface area contributed by atoms with E-state index in [0.717, 1.165) is 41.8 Å². The Morgan fingerprint density at radius 1 is 1.09 bits per heavy atom. The number of para-hydroxylation sites is 1. The molecule has 2 aliphatic heterocycles. The van der Waals surface area contributed by atoms with Crippen molar-refractivity contribution in [1.82, 2.24) is 21.0 Å². The van der Waals surface area contributed by atoms with Crippen molar-refractivity contribution in [3.63, 3.8) is 0 Å². The highest BCUT2D eigenvalue weighted by atomic mass is 16.7. The lowest BCUT2D eigenvalue weighted by atomic mass is 9.21. The molecule has 3 aromatic rings. The van der Waals surface area contributed by atoms with Crippen molar-refractivity contribution < 1.29 is 29.4 Å². The number of nitrogens with one attached hydrogen (secondary N) is 3. The van der Waals surface area contributed by atoms with E-state index in [0.29, 0.717) is 52.9 Å². The van der Waals surface area contributed by atoms with Crippen LogP contribution in [0.15, 0.2) is 66.7 Å². The Bertz CT molecular complexity index is 1950. The monoisotopic (exact) mass is 765 g/mol. The van der Waals surface area contributed by atoms with Crippen molar-refractivity contribution >= 4 is 17.5 Å². The molecule has 0 radical (unpaired) electrons. The summed E-state index contributed by atoms with van der Waals surface area (Å²) in [5, 5.41) is 33.2. The van der Waals surface area contributed by atoms with Gasteiger partial charge < -0.3 is 35.8 Å². The number of benzene rings is 3. The predicted molar refractivity (Wildman–Crippen MR) is 216 cm³/mol. The number of ether oxygens (including phenoxy) is 1. The molecule has 3 aliphatic carbocycles. The molecule has 0 bridgehead atoms. The number of hydrogen-bond donors (Lipinski definition) is 5. The second kappa shape index (κ2) is 14.7. The molecule has 11 heteroatoms. The molecular weight excluding hydrogens is 707 g/mol. The zero-order valence-electron chi connectivity index (χ0n) is 33.8. The van der Waals surface area contributed by atoms with Crippen molar-refractivity contribution in [1.29, 1.82) is 0 Å². The summed E-state index contributed by atoms with van der Waals surface area (Å²) >= 11 is 0. The molecule has 5 fully saturated rings. The van der Waals surface area contributed by atoms with Gasteiger partial charge in [0.15, 0.2) is 0 Å². The average Bonchev–Trinajstić information content (AvgIpc) is 3.82. The highest BCUT2D eigenvalue weighted by Crippen LogP contribution is 2.81. The molecule has 1 unspecified atom stereocenters. The van der Waals surface area contributed by atoms with Gasteiger partial charge in [-0.15, -0.1) is 0 Å². The van der Waals surface area contributed by atoms with Crippen molar-refractivity contribution in [2.45, 2.75) is 82.8 Å². The number of anilines is 1. The summed E-state index contributed by atoms with van der Waals surface area (Å²) in [7, 11) is 5.52. The van der Waals surface area contributed by atoms with Crippen LogP contribution >= 0.6 is 0 Å². The molecule has 5 N–H and O–H groups in total. The van der Waals surface area contributed by atoms with Crippen LogP contribution in [0.2, 0.25) is 0 Å². The largest absolute Gasteiger partial charge is 0.496 e. The van der Waals surface area contributed by atoms with Crippen molar-refractivity contribution in [2.75, 3.05) is 45.8 Å². The van der Waals surface area contributed by atoms with E-state index in [1.807, 2.05) is 61.5 Å². The Kier molecular flexibility index (Phi) is 10.2. The first kappa shape index (κ1) is 38.9. The first-order valence-electron chi connectivity index (χ1n) is 20.4. The Morgan fingerprint density at radius 3 is 2.52 bits per heavy atom. The number of hydrogen-bond acceptors (Lipinski definition) is 9. The van der Waals surface area contributed by atoms with Crippen LogP contribution in [0.25, 0.3) is 11.1 Å². The minimum absolute atomic E-state index is 0.150. The quantitative estimate of drug-likeness (QED) is 0.170. The lowest BCUT2D eigenvalue weighted by Gasteiger charge is -2.86. The van der Waals surface area contributed by atoms with E-state index in [9.17, 15) is 19.8 Å². The molecule has 56 heavy (non-hydrogen) atoms.